The van der Waals surface area contributed by atoms with Crippen molar-refractivity contribution in [2.24, 2.45) is 0 Å². The minimum atomic E-state index is -0.951. The predicted molar refractivity (Wildman–Crippen MR) is 84.5 cm³/mol. The first-order valence-corrected chi connectivity index (χ1v) is 7.29. The molecule has 0 aliphatic rings. The molecule has 0 saturated heterocycles. The molecule has 0 aliphatic carbocycles. The Hall–Kier alpha value is -1.96. The van der Waals surface area contributed by atoms with Crippen molar-refractivity contribution in [3.63, 3.8) is 0 Å². The number of esters is 1. The minimum Gasteiger partial charge on any atom is -0.467 e. The van der Waals surface area contributed by atoms with Crippen LogP contribution >= 0.6 is 34.8 Å². The molecule has 2 aromatic rings. The van der Waals surface area contributed by atoms with Gasteiger partial charge in [0.2, 0.25) is 0 Å². The summed E-state index contributed by atoms with van der Waals surface area (Å²) in [6.07, 6.45) is 1.48. The number of ether oxygens (including phenoxy) is 1. The van der Waals surface area contributed by atoms with Gasteiger partial charge < -0.3 is 20.2 Å². The molecule has 1 amide bonds. The predicted octanol–water partition coefficient (Wildman–Crippen LogP) is 2.69. The van der Waals surface area contributed by atoms with Gasteiger partial charge >= 0.3 is 5.97 Å². The number of nitrogens with two attached hydrogens (primary N) is 1. The van der Waals surface area contributed by atoms with Gasteiger partial charge in [-0.1, -0.05) is 34.8 Å². The molecular formula is C13H10Cl3N3O4. The topological polar surface area (TPSA) is 107 Å². The van der Waals surface area contributed by atoms with E-state index in [2.05, 4.69) is 10.3 Å². The number of nitrogens with one attached hydrogen (secondary N) is 1. The standard InChI is InChI=1S/C13H10Cl3N3O4/c14-8-10(17)9(15)12(16)19-11(8)13(21)23-5-7(20)18-4-6-2-1-3-22-6/h1-3H,4-5H2,(H2,17,19)(H,18,20). The average Bonchev–Trinajstić information content (AvgIpc) is 3.05. The van der Waals surface area contributed by atoms with Crippen LogP contribution in [0.5, 0.6) is 0 Å². The van der Waals surface area contributed by atoms with E-state index in [1.165, 1.54) is 6.26 Å². The van der Waals surface area contributed by atoms with Gasteiger partial charge in [0, 0.05) is 0 Å². The highest BCUT2D eigenvalue weighted by atomic mass is 35.5. The number of nitrogens with zero attached hydrogens (tertiary/aromatic N) is 1. The molecule has 0 spiro atoms. The summed E-state index contributed by atoms with van der Waals surface area (Å²) in [7, 11) is 0. The summed E-state index contributed by atoms with van der Waals surface area (Å²) < 4.78 is 9.85. The molecule has 10 heteroatoms. The number of hydrogen-bond donors (Lipinski definition) is 2. The fourth-order valence-corrected chi connectivity index (χ4v) is 2.10. The third-order valence-corrected chi connectivity index (χ3v) is 3.77. The van der Waals surface area contributed by atoms with Crippen LogP contribution in [0.25, 0.3) is 0 Å². The number of carbonyl (C=O) groups is 2. The molecule has 2 rings (SSSR count). The zero-order chi connectivity index (χ0) is 17.0. The monoisotopic (exact) mass is 377 g/mol. The third-order valence-electron chi connectivity index (χ3n) is 2.64. The zero-order valence-corrected chi connectivity index (χ0v) is 13.7. The van der Waals surface area contributed by atoms with Crippen LogP contribution in [0, 0.1) is 0 Å². The molecule has 0 aromatic carbocycles. The van der Waals surface area contributed by atoms with Crippen molar-refractivity contribution in [1.82, 2.24) is 10.3 Å². The molecule has 0 unspecified atom stereocenters. The Balaban J connectivity index is 1.93. The van der Waals surface area contributed by atoms with Crippen LogP contribution in [0.4, 0.5) is 5.69 Å². The fourth-order valence-electron chi connectivity index (χ4n) is 1.52. The first-order valence-electron chi connectivity index (χ1n) is 6.16. The number of pyridine rings is 1. The smallest absolute Gasteiger partial charge is 0.359 e. The highest BCUT2D eigenvalue weighted by Gasteiger charge is 2.21. The number of amides is 1. The van der Waals surface area contributed by atoms with Crippen LogP contribution in [0.1, 0.15) is 16.2 Å². The molecule has 0 radical (unpaired) electrons. The van der Waals surface area contributed by atoms with Gasteiger partial charge in [-0.3, -0.25) is 4.79 Å². The molecule has 0 saturated carbocycles. The number of carbonyl (C=O) groups excluding carboxylic acids is 2. The Morgan fingerprint density at radius 3 is 2.70 bits per heavy atom. The first kappa shape index (κ1) is 17.4. The Morgan fingerprint density at radius 1 is 1.30 bits per heavy atom. The Morgan fingerprint density at radius 2 is 2.04 bits per heavy atom. The van der Waals surface area contributed by atoms with Crippen molar-refractivity contribution in [1.29, 1.82) is 0 Å². The quantitative estimate of drug-likeness (QED) is 0.612. The molecule has 0 atom stereocenters. The summed E-state index contributed by atoms with van der Waals surface area (Å²) in [5, 5.41) is 2.05. The summed E-state index contributed by atoms with van der Waals surface area (Å²) in [6, 6.07) is 3.37. The zero-order valence-electron chi connectivity index (χ0n) is 11.4. The number of anilines is 1. The second-order valence-corrected chi connectivity index (χ2v) is 5.34. The number of rotatable bonds is 5. The highest BCUT2D eigenvalue weighted by molar-refractivity contribution is 6.46. The molecule has 0 fully saturated rings. The van der Waals surface area contributed by atoms with Gasteiger partial charge in [0.15, 0.2) is 17.5 Å². The molecule has 0 bridgehead atoms. The van der Waals surface area contributed by atoms with Gasteiger partial charge in [-0.25, -0.2) is 9.78 Å². The van der Waals surface area contributed by atoms with E-state index < -0.39 is 18.5 Å². The molecule has 122 valence electrons. The van der Waals surface area contributed by atoms with Crippen molar-refractivity contribution in [3.8, 4) is 0 Å². The van der Waals surface area contributed by atoms with Gasteiger partial charge in [-0.05, 0) is 12.1 Å². The second kappa shape index (κ2) is 7.54. The van der Waals surface area contributed by atoms with Crippen molar-refractivity contribution in [2.45, 2.75) is 6.54 Å². The number of halogens is 3. The summed E-state index contributed by atoms with van der Waals surface area (Å²) in [5.74, 6) is -0.918. The van der Waals surface area contributed by atoms with E-state index in [0.29, 0.717) is 5.76 Å². The van der Waals surface area contributed by atoms with Crippen LogP contribution in [0.2, 0.25) is 15.2 Å². The van der Waals surface area contributed by atoms with E-state index in [0.717, 1.165) is 0 Å². The lowest BCUT2D eigenvalue weighted by Crippen LogP contribution is -2.28. The van der Waals surface area contributed by atoms with E-state index in [1.807, 2.05) is 0 Å². The summed E-state index contributed by atoms with van der Waals surface area (Å²) in [4.78, 5) is 27.2. The van der Waals surface area contributed by atoms with Gasteiger partial charge in [-0.15, -0.1) is 0 Å². The van der Waals surface area contributed by atoms with Crippen LogP contribution < -0.4 is 11.1 Å². The molecule has 2 aromatic heterocycles. The lowest BCUT2D eigenvalue weighted by Gasteiger charge is -2.09. The van der Waals surface area contributed by atoms with E-state index in [4.69, 9.17) is 49.7 Å². The maximum Gasteiger partial charge on any atom is 0.359 e. The van der Waals surface area contributed by atoms with Crippen LogP contribution in [-0.4, -0.2) is 23.5 Å². The largest absolute Gasteiger partial charge is 0.467 e. The van der Waals surface area contributed by atoms with E-state index in [1.54, 1.807) is 12.1 Å². The SMILES string of the molecule is Nc1c(Cl)c(Cl)nc(C(=O)OCC(=O)NCc2ccco2)c1Cl. The number of furan rings is 1. The fraction of sp³-hybridized carbons (Fsp3) is 0.154. The van der Waals surface area contributed by atoms with Crippen molar-refractivity contribution < 1.29 is 18.7 Å². The van der Waals surface area contributed by atoms with Gasteiger partial charge in [0.1, 0.15) is 10.8 Å². The lowest BCUT2D eigenvalue weighted by atomic mass is 10.3. The van der Waals surface area contributed by atoms with E-state index >= 15 is 0 Å². The lowest BCUT2D eigenvalue weighted by molar-refractivity contribution is -0.124. The summed E-state index contributed by atoms with van der Waals surface area (Å²) >= 11 is 17.3. The molecular weight excluding hydrogens is 369 g/mol. The first-order chi connectivity index (χ1) is 10.9. The van der Waals surface area contributed by atoms with Gasteiger partial charge in [0.25, 0.3) is 5.91 Å². The maximum absolute atomic E-state index is 11.9. The number of nitrogen functional groups attached to an aromatic ring is 1. The summed E-state index contributed by atoms with van der Waals surface area (Å²) in [5.41, 5.74) is 5.18. The Bertz CT molecular complexity index is 735. The Kier molecular flexibility index (Phi) is 5.70. The van der Waals surface area contributed by atoms with E-state index in [9.17, 15) is 9.59 Å². The average molecular weight is 379 g/mol. The van der Waals surface area contributed by atoms with Crippen molar-refractivity contribution >= 4 is 52.4 Å². The molecule has 0 aliphatic heterocycles. The highest BCUT2D eigenvalue weighted by Crippen LogP contribution is 2.34. The maximum atomic E-state index is 11.9. The van der Waals surface area contributed by atoms with Gasteiger partial charge in [0.05, 0.1) is 23.5 Å². The molecule has 3 N–H and O–H groups in total. The summed E-state index contributed by atoms with van der Waals surface area (Å²) in [6.45, 7) is -0.361. The van der Waals surface area contributed by atoms with Crippen molar-refractivity contribution in [3.05, 3.63) is 45.0 Å². The molecule has 2 heterocycles. The number of aromatic nitrogens is 1. The van der Waals surface area contributed by atoms with Crippen molar-refractivity contribution in [2.75, 3.05) is 12.3 Å². The molecule has 23 heavy (non-hydrogen) atoms. The van der Waals surface area contributed by atoms with Crippen LogP contribution in [0.3, 0.4) is 0 Å². The molecule has 7 nitrogen and oxygen atoms in total. The Labute approximate surface area is 145 Å². The van der Waals surface area contributed by atoms with Crippen LogP contribution in [0.15, 0.2) is 22.8 Å². The normalized spacial score (nSPS) is 10.4. The van der Waals surface area contributed by atoms with Gasteiger partial charge in [-0.2, -0.15) is 0 Å². The minimum absolute atomic E-state index is 0.0654. The third kappa shape index (κ3) is 4.28. The van der Waals surface area contributed by atoms with E-state index in [-0.39, 0.29) is 33.1 Å². The number of hydrogen-bond acceptors (Lipinski definition) is 6. The van der Waals surface area contributed by atoms with Crippen LogP contribution in [-0.2, 0) is 16.1 Å². The second-order valence-electron chi connectivity index (χ2n) is 4.23.